The number of amides is 1. The van der Waals surface area contributed by atoms with Gasteiger partial charge in [0.05, 0.1) is 6.42 Å². The highest BCUT2D eigenvalue weighted by Gasteiger charge is 2.28. The summed E-state index contributed by atoms with van der Waals surface area (Å²) in [6.45, 7) is 5.19. The summed E-state index contributed by atoms with van der Waals surface area (Å²) in [4.78, 5) is 13.0. The first-order valence-corrected chi connectivity index (χ1v) is 10.6. The van der Waals surface area contributed by atoms with Crippen molar-refractivity contribution < 1.29 is 13.2 Å². The molecule has 1 aliphatic heterocycles. The van der Waals surface area contributed by atoms with Crippen LogP contribution in [0.2, 0.25) is 0 Å². The fraction of sp³-hybridized carbons (Fsp3) is 0.389. The Kier molecular flexibility index (Phi) is 5.27. The first kappa shape index (κ1) is 18.1. The molecule has 0 unspecified atom stereocenters. The molecular weight excluding hydrogens is 356 g/mol. The number of rotatable bonds is 5. The van der Waals surface area contributed by atoms with E-state index in [0.717, 1.165) is 29.0 Å². The minimum Gasteiger partial charge on any atom is -0.326 e. The zero-order valence-corrected chi connectivity index (χ0v) is 16.0. The van der Waals surface area contributed by atoms with E-state index in [9.17, 15) is 13.2 Å². The lowest BCUT2D eigenvalue weighted by molar-refractivity contribution is -0.115. The minimum absolute atomic E-state index is 0.143. The standard InChI is InChI=1S/C18H22N2O3S2/c1-13-5-6-15(11-14(13)2)19-17(21)12-16-7-8-18(24-16)25(22,23)20-9-3-4-10-20/h5-8,11H,3-4,9-10,12H2,1-2H3,(H,19,21). The van der Waals surface area contributed by atoms with Crippen LogP contribution in [-0.4, -0.2) is 31.7 Å². The first-order chi connectivity index (χ1) is 11.9. The molecule has 134 valence electrons. The zero-order valence-electron chi connectivity index (χ0n) is 14.4. The van der Waals surface area contributed by atoms with Crippen molar-refractivity contribution in [2.75, 3.05) is 18.4 Å². The molecule has 1 aromatic carbocycles. The maximum absolute atomic E-state index is 12.5. The molecule has 0 saturated carbocycles. The predicted octanol–water partition coefficient (Wildman–Crippen LogP) is 3.33. The van der Waals surface area contributed by atoms with Crippen molar-refractivity contribution in [3.63, 3.8) is 0 Å². The molecule has 1 saturated heterocycles. The molecule has 1 aliphatic rings. The third-order valence-electron chi connectivity index (χ3n) is 4.42. The molecule has 1 aromatic heterocycles. The number of aryl methyl sites for hydroxylation is 2. The quantitative estimate of drug-likeness (QED) is 0.868. The average Bonchev–Trinajstić information content (AvgIpc) is 3.22. The summed E-state index contributed by atoms with van der Waals surface area (Å²) >= 11 is 1.18. The van der Waals surface area contributed by atoms with Gasteiger partial charge < -0.3 is 5.32 Å². The van der Waals surface area contributed by atoms with Gasteiger partial charge in [-0.25, -0.2) is 8.42 Å². The Morgan fingerprint density at radius 1 is 1.12 bits per heavy atom. The van der Waals surface area contributed by atoms with Gasteiger partial charge >= 0.3 is 0 Å². The summed E-state index contributed by atoms with van der Waals surface area (Å²) < 4.78 is 26.9. The highest BCUT2D eigenvalue weighted by molar-refractivity contribution is 7.91. The van der Waals surface area contributed by atoms with Crippen LogP contribution in [0, 0.1) is 13.8 Å². The van der Waals surface area contributed by atoms with Crippen LogP contribution in [0.1, 0.15) is 28.8 Å². The number of benzene rings is 1. The Morgan fingerprint density at radius 2 is 1.84 bits per heavy atom. The molecule has 3 rings (SSSR count). The molecule has 1 fully saturated rings. The number of anilines is 1. The number of nitrogens with zero attached hydrogens (tertiary/aromatic N) is 1. The monoisotopic (exact) mass is 378 g/mol. The molecule has 7 heteroatoms. The van der Waals surface area contributed by atoms with E-state index in [1.54, 1.807) is 12.1 Å². The van der Waals surface area contributed by atoms with Crippen molar-refractivity contribution in [2.45, 2.75) is 37.3 Å². The molecular formula is C18H22N2O3S2. The number of hydrogen-bond donors (Lipinski definition) is 1. The van der Waals surface area contributed by atoms with Gasteiger partial charge in [0.25, 0.3) is 10.0 Å². The van der Waals surface area contributed by atoms with Crippen LogP contribution >= 0.6 is 11.3 Å². The van der Waals surface area contributed by atoms with E-state index in [-0.39, 0.29) is 12.3 Å². The summed E-state index contributed by atoms with van der Waals surface area (Å²) in [6, 6.07) is 9.12. The van der Waals surface area contributed by atoms with Gasteiger partial charge in [-0.2, -0.15) is 4.31 Å². The van der Waals surface area contributed by atoms with Crippen LogP contribution < -0.4 is 5.32 Å². The molecule has 0 bridgehead atoms. The van der Waals surface area contributed by atoms with E-state index in [4.69, 9.17) is 0 Å². The van der Waals surface area contributed by atoms with Crippen molar-refractivity contribution in [1.82, 2.24) is 4.31 Å². The van der Waals surface area contributed by atoms with Gasteiger partial charge in [0.1, 0.15) is 4.21 Å². The molecule has 2 heterocycles. The van der Waals surface area contributed by atoms with E-state index in [2.05, 4.69) is 5.32 Å². The van der Waals surface area contributed by atoms with Crippen LogP contribution in [0.15, 0.2) is 34.5 Å². The van der Waals surface area contributed by atoms with E-state index >= 15 is 0 Å². The second-order valence-electron chi connectivity index (χ2n) is 6.36. The molecule has 5 nitrogen and oxygen atoms in total. The fourth-order valence-corrected chi connectivity index (χ4v) is 5.86. The van der Waals surface area contributed by atoms with Gasteiger partial charge in [-0.05, 0) is 62.1 Å². The van der Waals surface area contributed by atoms with Crippen molar-refractivity contribution in [3.05, 3.63) is 46.3 Å². The zero-order chi connectivity index (χ0) is 18.0. The predicted molar refractivity (Wildman–Crippen MR) is 101 cm³/mol. The fourth-order valence-electron chi connectivity index (χ4n) is 2.83. The Balaban J connectivity index is 1.66. The number of carbonyl (C=O) groups is 1. The van der Waals surface area contributed by atoms with Crippen molar-refractivity contribution in [1.29, 1.82) is 0 Å². The van der Waals surface area contributed by atoms with E-state index in [1.807, 2.05) is 32.0 Å². The van der Waals surface area contributed by atoms with Gasteiger partial charge in [0, 0.05) is 23.7 Å². The molecule has 25 heavy (non-hydrogen) atoms. The smallest absolute Gasteiger partial charge is 0.252 e. The van der Waals surface area contributed by atoms with Crippen LogP contribution in [0.4, 0.5) is 5.69 Å². The van der Waals surface area contributed by atoms with E-state index in [1.165, 1.54) is 21.2 Å². The average molecular weight is 379 g/mol. The summed E-state index contributed by atoms with van der Waals surface area (Å²) in [6.07, 6.45) is 2.00. The molecule has 0 radical (unpaired) electrons. The topological polar surface area (TPSA) is 66.5 Å². The molecule has 1 amide bonds. The van der Waals surface area contributed by atoms with E-state index in [0.29, 0.717) is 17.3 Å². The van der Waals surface area contributed by atoms with Gasteiger partial charge in [0.15, 0.2) is 0 Å². The third kappa shape index (κ3) is 4.11. The highest BCUT2D eigenvalue weighted by Crippen LogP contribution is 2.27. The second kappa shape index (κ2) is 7.27. The Morgan fingerprint density at radius 3 is 2.52 bits per heavy atom. The lowest BCUT2D eigenvalue weighted by Gasteiger charge is -2.13. The summed E-state index contributed by atoms with van der Waals surface area (Å²) in [7, 11) is -3.40. The maximum Gasteiger partial charge on any atom is 0.252 e. The SMILES string of the molecule is Cc1ccc(NC(=O)Cc2ccc(S(=O)(=O)N3CCCC3)s2)cc1C. The number of nitrogens with one attached hydrogen (secondary N) is 1. The van der Waals surface area contributed by atoms with Crippen LogP contribution in [0.5, 0.6) is 0 Å². The minimum atomic E-state index is -3.40. The summed E-state index contributed by atoms with van der Waals surface area (Å²) in [5.74, 6) is -0.143. The van der Waals surface area contributed by atoms with Gasteiger partial charge in [-0.3, -0.25) is 4.79 Å². The molecule has 1 N–H and O–H groups in total. The van der Waals surface area contributed by atoms with Crippen LogP contribution in [0.3, 0.4) is 0 Å². The van der Waals surface area contributed by atoms with Crippen LogP contribution in [0.25, 0.3) is 0 Å². The number of thiophene rings is 1. The Hall–Kier alpha value is -1.70. The first-order valence-electron chi connectivity index (χ1n) is 8.32. The second-order valence-corrected chi connectivity index (χ2v) is 9.69. The van der Waals surface area contributed by atoms with E-state index < -0.39 is 10.0 Å². The maximum atomic E-state index is 12.5. The molecule has 0 spiro atoms. The molecule has 0 aliphatic carbocycles. The van der Waals surface area contributed by atoms with Crippen molar-refractivity contribution in [2.24, 2.45) is 0 Å². The summed E-state index contributed by atoms with van der Waals surface area (Å²) in [5, 5.41) is 2.87. The molecule has 0 atom stereocenters. The summed E-state index contributed by atoms with van der Waals surface area (Å²) in [5.41, 5.74) is 3.05. The van der Waals surface area contributed by atoms with Crippen LogP contribution in [-0.2, 0) is 21.2 Å². The number of hydrogen-bond acceptors (Lipinski definition) is 4. The van der Waals surface area contributed by atoms with Crippen molar-refractivity contribution in [3.8, 4) is 0 Å². The Bertz CT molecular complexity index is 881. The largest absolute Gasteiger partial charge is 0.326 e. The highest BCUT2D eigenvalue weighted by atomic mass is 32.2. The van der Waals surface area contributed by atoms with Gasteiger partial charge in [0.2, 0.25) is 5.91 Å². The lowest BCUT2D eigenvalue weighted by atomic mass is 10.1. The molecule has 2 aromatic rings. The normalized spacial score (nSPS) is 15.4. The van der Waals surface area contributed by atoms with Gasteiger partial charge in [-0.15, -0.1) is 11.3 Å². The lowest BCUT2D eigenvalue weighted by Crippen LogP contribution is -2.27. The van der Waals surface area contributed by atoms with Crippen molar-refractivity contribution >= 4 is 33.0 Å². The van der Waals surface area contributed by atoms with Gasteiger partial charge in [-0.1, -0.05) is 6.07 Å². The third-order valence-corrected chi connectivity index (χ3v) is 7.87. The number of carbonyl (C=O) groups excluding carboxylic acids is 1. The number of sulfonamides is 1. The Labute approximate surface area is 152 Å².